The van der Waals surface area contributed by atoms with Crippen LogP contribution in [0.5, 0.6) is 0 Å². The highest BCUT2D eigenvalue weighted by Gasteiger charge is 2.33. The summed E-state index contributed by atoms with van der Waals surface area (Å²) in [5, 5.41) is 1.72. The predicted molar refractivity (Wildman–Crippen MR) is 86.4 cm³/mol. The fraction of sp³-hybridized carbons (Fsp3) is 0.312. The normalized spacial score (nSPS) is 18.4. The number of benzene rings is 1. The third-order valence-corrected chi connectivity index (χ3v) is 5.78. The number of carbonyl (C=O) groups is 1. The molecule has 1 aromatic carbocycles. The fourth-order valence-corrected chi connectivity index (χ4v) is 4.48. The van der Waals surface area contributed by atoms with Crippen molar-refractivity contribution in [3.63, 3.8) is 0 Å². The van der Waals surface area contributed by atoms with Crippen molar-refractivity contribution in [2.45, 2.75) is 18.0 Å². The molecule has 23 heavy (non-hydrogen) atoms. The highest BCUT2D eigenvalue weighted by atomic mass is 32.2. The number of carbonyl (C=O) groups excluding carboxylic acids is 1. The molecule has 122 valence electrons. The van der Waals surface area contributed by atoms with Gasteiger partial charge in [-0.1, -0.05) is 18.2 Å². The van der Waals surface area contributed by atoms with Gasteiger partial charge in [0.25, 0.3) is 0 Å². The van der Waals surface area contributed by atoms with Crippen molar-refractivity contribution < 1.29 is 18.0 Å². The summed E-state index contributed by atoms with van der Waals surface area (Å²) in [6.07, 6.45) is -3.99. The molecule has 0 unspecified atom stereocenters. The van der Waals surface area contributed by atoms with E-state index in [2.05, 4.69) is 0 Å². The third kappa shape index (κ3) is 3.72. The maximum Gasteiger partial charge on any atom is 0.416 e. The van der Waals surface area contributed by atoms with Gasteiger partial charge in [0.1, 0.15) is 5.37 Å². The molecule has 0 N–H and O–H groups in total. The molecule has 1 amide bonds. The predicted octanol–water partition coefficient (Wildman–Crippen LogP) is 4.58. The lowest BCUT2D eigenvalue weighted by Gasteiger charge is -2.24. The lowest BCUT2D eigenvalue weighted by molar-refractivity contribution is -0.137. The number of amides is 1. The molecule has 7 heteroatoms. The van der Waals surface area contributed by atoms with Crippen molar-refractivity contribution in [1.82, 2.24) is 4.90 Å². The summed E-state index contributed by atoms with van der Waals surface area (Å²) in [7, 11) is 0. The molecule has 2 heterocycles. The Morgan fingerprint density at radius 2 is 1.96 bits per heavy atom. The van der Waals surface area contributed by atoms with Gasteiger partial charge in [-0.25, -0.2) is 0 Å². The van der Waals surface area contributed by atoms with Crippen LogP contribution in [0.4, 0.5) is 13.2 Å². The van der Waals surface area contributed by atoms with Crippen LogP contribution in [0.15, 0.2) is 41.8 Å². The van der Waals surface area contributed by atoms with E-state index in [1.54, 1.807) is 16.7 Å². The summed E-state index contributed by atoms with van der Waals surface area (Å²) in [5.74, 6) is 0.810. The molecule has 3 rings (SSSR count). The van der Waals surface area contributed by atoms with E-state index < -0.39 is 11.7 Å². The molecule has 0 spiro atoms. The zero-order chi connectivity index (χ0) is 16.4. The van der Waals surface area contributed by atoms with Crippen LogP contribution in [0.25, 0.3) is 0 Å². The van der Waals surface area contributed by atoms with Gasteiger partial charge >= 0.3 is 6.18 Å². The summed E-state index contributed by atoms with van der Waals surface area (Å²) >= 11 is 3.12. The molecule has 1 fully saturated rings. The van der Waals surface area contributed by atoms with E-state index in [-0.39, 0.29) is 11.3 Å². The molecular weight excluding hydrogens is 343 g/mol. The number of hydrogen-bond donors (Lipinski definition) is 0. The van der Waals surface area contributed by atoms with E-state index in [9.17, 15) is 18.0 Å². The molecule has 0 aliphatic carbocycles. The first kappa shape index (κ1) is 16.4. The van der Waals surface area contributed by atoms with Crippen molar-refractivity contribution in [1.29, 1.82) is 0 Å². The van der Waals surface area contributed by atoms with Crippen LogP contribution < -0.4 is 0 Å². The topological polar surface area (TPSA) is 20.3 Å². The molecule has 1 aliphatic rings. The largest absolute Gasteiger partial charge is 0.416 e. The van der Waals surface area contributed by atoms with Gasteiger partial charge in [0, 0.05) is 17.2 Å². The lowest BCUT2D eigenvalue weighted by Crippen LogP contribution is -2.31. The second-order valence-corrected chi connectivity index (χ2v) is 7.41. The fourth-order valence-electron chi connectivity index (χ4n) is 2.50. The molecule has 0 saturated carbocycles. The quantitative estimate of drug-likeness (QED) is 0.801. The summed E-state index contributed by atoms with van der Waals surface area (Å²) in [6.45, 7) is 0.626. The standard InChI is InChI=1S/C16H14F3NOS2/c17-16(18,19)12-5-3-11(4-6-12)15-20(7-9-23-15)14(21)10-13-2-1-8-22-13/h1-6,8,15H,7,9-10H2/t15-/m1/s1. The SMILES string of the molecule is O=C(Cc1cccs1)N1CCS[C@@H]1c1ccc(C(F)(F)F)cc1. The zero-order valence-corrected chi connectivity index (χ0v) is 13.7. The Balaban J connectivity index is 1.74. The molecule has 2 aromatic rings. The van der Waals surface area contributed by atoms with Crippen molar-refractivity contribution in [2.75, 3.05) is 12.3 Å². The highest BCUT2D eigenvalue weighted by molar-refractivity contribution is 7.99. The minimum absolute atomic E-state index is 0.0161. The van der Waals surface area contributed by atoms with Crippen LogP contribution >= 0.6 is 23.1 Å². The van der Waals surface area contributed by atoms with Crippen LogP contribution in [0.1, 0.15) is 21.4 Å². The molecule has 0 radical (unpaired) electrons. The number of rotatable bonds is 3. The smallest absolute Gasteiger partial charge is 0.325 e. The minimum Gasteiger partial charge on any atom is -0.325 e. The van der Waals surface area contributed by atoms with E-state index in [0.29, 0.717) is 13.0 Å². The molecule has 2 nitrogen and oxygen atoms in total. The van der Waals surface area contributed by atoms with Crippen molar-refractivity contribution >= 4 is 29.0 Å². The summed E-state index contributed by atoms with van der Waals surface area (Å²) in [4.78, 5) is 15.2. The van der Waals surface area contributed by atoms with E-state index in [1.165, 1.54) is 23.5 Å². The Kier molecular flexibility index (Phi) is 4.68. The molecule has 1 aromatic heterocycles. The Labute approximate surface area is 140 Å². The van der Waals surface area contributed by atoms with Crippen LogP contribution in [0.2, 0.25) is 0 Å². The van der Waals surface area contributed by atoms with E-state index in [4.69, 9.17) is 0 Å². The minimum atomic E-state index is -4.34. The average Bonchev–Trinajstić information content (AvgIpc) is 3.17. The Bertz CT molecular complexity index is 668. The number of thiophene rings is 1. The number of thioether (sulfide) groups is 1. The first-order chi connectivity index (χ1) is 10.9. The Morgan fingerprint density at radius 3 is 2.57 bits per heavy atom. The Hall–Kier alpha value is -1.47. The van der Waals surface area contributed by atoms with Crippen LogP contribution in [0.3, 0.4) is 0 Å². The van der Waals surface area contributed by atoms with Gasteiger partial charge in [-0.3, -0.25) is 4.79 Å². The maximum absolute atomic E-state index is 12.6. The van der Waals surface area contributed by atoms with Gasteiger partial charge in [-0.05, 0) is 29.1 Å². The van der Waals surface area contributed by atoms with Crippen molar-refractivity contribution in [2.24, 2.45) is 0 Å². The molecule has 1 saturated heterocycles. The average molecular weight is 357 g/mol. The van der Waals surface area contributed by atoms with Gasteiger partial charge in [0.2, 0.25) is 5.91 Å². The number of hydrogen-bond acceptors (Lipinski definition) is 3. The van der Waals surface area contributed by atoms with Crippen LogP contribution in [-0.4, -0.2) is 23.1 Å². The molecule has 1 aliphatic heterocycles. The lowest BCUT2D eigenvalue weighted by atomic mass is 10.1. The maximum atomic E-state index is 12.6. The monoisotopic (exact) mass is 357 g/mol. The summed E-state index contributed by atoms with van der Waals surface area (Å²) < 4.78 is 37.9. The van der Waals surface area contributed by atoms with E-state index in [1.807, 2.05) is 17.5 Å². The second kappa shape index (κ2) is 6.57. The van der Waals surface area contributed by atoms with E-state index >= 15 is 0 Å². The number of halogens is 3. The second-order valence-electron chi connectivity index (χ2n) is 5.19. The highest BCUT2D eigenvalue weighted by Crippen LogP contribution is 2.39. The summed E-state index contributed by atoms with van der Waals surface area (Å²) in [6, 6.07) is 8.92. The number of alkyl halides is 3. The van der Waals surface area contributed by atoms with Crippen LogP contribution in [-0.2, 0) is 17.4 Å². The number of nitrogens with zero attached hydrogens (tertiary/aromatic N) is 1. The first-order valence-electron chi connectivity index (χ1n) is 7.06. The van der Waals surface area contributed by atoms with Gasteiger partial charge < -0.3 is 4.90 Å². The van der Waals surface area contributed by atoms with Gasteiger partial charge in [-0.2, -0.15) is 13.2 Å². The van der Waals surface area contributed by atoms with Crippen LogP contribution in [0, 0.1) is 0 Å². The first-order valence-corrected chi connectivity index (χ1v) is 8.98. The van der Waals surface area contributed by atoms with Gasteiger partial charge in [-0.15, -0.1) is 23.1 Å². The van der Waals surface area contributed by atoms with Crippen molar-refractivity contribution in [3.05, 3.63) is 57.8 Å². The molecular formula is C16H14F3NOS2. The van der Waals surface area contributed by atoms with Gasteiger partial charge in [0.05, 0.1) is 12.0 Å². The third-order valence-electron chi connectivity index (χ3n) is 3.64. The van der Waals surface area contributed by atoms with Crippen molar-refractivity contribution in [3.8, 4) is 0 Å². The molecule has 0 bridgehead atoms. The summed E-state index contributed by atoms with van der Waals surface area (Å²) in [5.41, 5.74) is 0.0701. The van der Waals surface area contributed by atoms with E-state index in [0.717, 1.165) is 28.3 Å². The zero-order valence-electron chi connectivity index (χ0n) is 12.0. The molecule has 1 atom stereocenters. The van der Waals surface area contributed by atoms with Gasteiger partial charge in [0.15, 0.2) is 0 Å². The Morgan fingerprint density at radius 1 is 1.22 bits per heavy atom.